The van der Waals surface area contributed by atoms with Crippen LogP contribution in [0.15, 0.2) is 16.6 Å². The highest BCUT2D eigenvalue weighted by molar-refractivity contribution is 9.10. The van der Waals surface area contributed by atoms with Crippen LogP contribution in [0.1, 0.15) is 24.4 Å². The van der Waals surface area contributed by atoms with E-state index in [0.29, 0.717) is 34.1 Å². The molecule has 1 aliphatic carbocycles. The Morgan fingerprint density at radius 1 is 1.58 bits per heavy atom. The Hall–Kier alpha value is -1.27. The standard InChI is InChI=1S/C13H16BrNO4/c1-18-12-9(14)4-8(11(15)13(16)17)5-10(12)19-6-7-2-3-7/h4-5,7,11H,2-3,6,15H2,1H3,(H,16,17). The monoisotopic (exact) mass is 329 g/mol. The van der Waals surface area contributed by atoms with Crippen molar-refractivity contribution >= 4 is 21.9 Å². The lowest BCUT2D eigenvalue weighted by atomic mass is 10.1. The quantitative estimate of drug-likeness (QED) is 0.837. The van der Waals surface area contributed by atoms with Gasteiger partial charge in [0.1, 0.15) is 6.04 Å². The number of halogens is 1. The van der Waals surface area contributed by atoms with E-state index in [0.717, 1.165) is 0 Å². The van der Waals surface area contributed by atoms with Crippen LogP contribution in [0.4, 0.5) is 0 Å². The van der Waals surface area contributed by atoms with Gasteiger partial charge in [0.2, 0.25) is 0 Å². The number of hydrogen-bond donors (Lipinski definition) is 2. The van der Waals surface area contributed by atoms with Gasteiger partial charge in [0.05, 0.1) is 18.2 Å². The first kappa shape index (κ1) is 14.1. The van der Waals surface area contributed by atoms with E-state index in [2.05, 4.69) is 15.9 Å². The zero-order valence-electron chi connectivity index (χ0n) is 10.6. The third-order valence-electron chi connectivity index (χ3n) is 3.03. The van der Waals surface area contributed by atoms with Crippen molar-refractivity contribution in [3.05, 3.63) is 22.2 Å². The second-order valence-electron chi connectivity index (χ2n) is 4.60. The number of aliphatic carboxylic acids is 1. The van der Waals surface area contributed by atoms with Crippen molar-refractivity contribution in [2.45, 2.75) is 18.9 Å². The van der Waals surface area contributed by atoms with E-state index in [-0.39, 0.29) is 0 Å². The molecule has 1 fully saturated rings. The van der Waals surface area contributed by atoms with E-state index in [4.69, 9.17) is 20.3 Å². The number of nitrogens with two attached hydrogens (primary N) is 1. The lowest BCUT2D eigenvalue weighted by Gasteiger charge is -2.15. The minimum atomic E-state index is -1.08. The largest absolute Gasteiger partial charge is 0.492 e. The number of rotatable bonds is 6. The highest BCUT2D eigenvalue weighted by Gasteiger charge is 2.24. The van der Waals surface area contributed by atoms with Gasteiger partial charge in [0.25, 0.3) is 0 Å². The minimum Gasteiger partial charge on any atom is -0.492 e. The summed E-state index contributed by atoms with van der Waals surface area (Å²) in [6.45, 7) is 0.620. The topological polar surface area (TPSA) is 81.8 Å². The number of ether oxygens (including phenoxy) is 2. The first-order chi connectivity index (χ1) is 9.02. The smallest absolute Gasteiger partial charge is 0.325 e. The summed E-state index contributed by atoms with van der Waals surface area (Å²) in [6.07, 6.45) is 2.36. The molecule has 0 bridgehead atoms. The molecule has 1 aromatic carbocycles. The number of benzene rings is 1. The maximum atomic E-state index is 10.9. The summed E-state index contributed by atoms with van der Waals surface area (Å²) in [5, 5.41) is 8.96. The van der Waals surface area contributed by atoms with Crippen molar-refractivity contribution in [1.29, 1.82) is 0 Å². The van der Waals surface area contributed by atoms with Gasteiger partial charge in [-0.25, -0.2) is 0 Å². The van der Waals surface area contributed by atoms with Crippen molar-refractivity contribution in [2.75, 3.05) is 13.7 Å². The van der Waals surface area contributed by atoms with E-state index in [1.807, 2.05) is 0 Å². The molecule has 2 rings (SSSR count). The summed E-state index contributed by atoms with van der Waals surface area (Å²) >= 11 is 3.34. The van der Waals surface area contributed by atoms with Crippen molar-refractivity contribution in [3.8, 4) is 11.5 Å². The second-order valence-corrected chi connectivity index (χ2v) is 5.46. The second kappa shape index (κ2) is 5.79. The third kappa shape index (κ3) is 3.39. The molecule has 104 valence electrons. The van der Waals surface area contributed by atoms with Gasteiger partial charge in [-0.3, -0.25) is 4.79 Å². The number of carboxylic acids is 1. The van der Waals surface area contributed by atoms with Gasteiger partial charge in [-0.15, -0.1) is 0 Å². The zero-order valence-corrected chi connectivity index (χ0v) is 12.1. The fourth-order valence-electron chi connectivity index (χ4n) is 1.71. The van der Waals surface area contributed by atoms with Crippen molar-refractivity contribution in [1.82, 2.24) is 0 Å². The molecule has 1 unspecified atom stereocenters. The normalized spacial score (nSPS) is 15.9. The van der Waals surface area contributed by atoms with Crippen molar-refractivity contribution in [3.63, 3.8) is 0 Å². The van der Waals surface area contributed by atoms with Gasteiger partial charge >= 0.3 is 5.97 Å². The Morgan fingerprint density at radius 2 is 2.26 bits per heavy atom. The molecule has 0 aliphatic heterocycles. The summed E-state index contributed by atoms with van der Waals surface area (Å²) in [5.74, 6) is 0.600. The fraction of sp³-hybridized carbons (Fsp3) is 0.462. The molecule has 3 N–H and O–H groups in total. The molecule has 0 spiro atoms. The lowest BCUT2D eigenvalue weighted by molar-refractivity contribution is -0.138. The van der Waals surface area contributed by atoms with Crippen molar-refractivity contribution < 1.29 is 19.4 Å². The van der Waals surface area contributed by atoms with E-state index in [1.165, 1.54) is 12.8 Å². The highest BCUT2D eigenvalue weighted by atomic mass is 79.9. The number of carboxylic acid groups (broad SMARTS) is 1. The number of carbonyl (C=O) groups is 1. The third-order valence-corrected chi connectivity index (χ3v) is 3.62. The Balaban J connectivity index is 2.28. The van der Waals surface area contributed by atoms with Crippen LogP contribution in [-0.2, 0) is 4.79 Å². The fourth-order valence-corrected chi connectivity index (χ4v) is 2.33. The summed E-state index contributed by atoms with van der Waals surface area (Å²) < 4.78 is 11.6. The van der Waals surface area contributed by atoms with E-state index in [1.54, 1.807) is 19.2 Å². The summed E-state index contributed by atoms with van der Waals surface area (Å²) in [5.41, 5.74) is 6.10. The summed E-state index contributed by atoms with van der Waals surface area (Å²) in [6, 6.07) is 2.19. The molecule has 0 saturated heterocycles. The Kier molecular flexibility index (Phi) is 4.31. The number of hydrogen-bond acceptors (Lipinski definition) is 4. The van der Waals surface area contributed by atoms with Crippen molar-refractivity contribution in [2.24, 2.45) is 11.7 Å². The van der Waals surface area contributed by atoms with Crippen LogP contribution in [-0.4, -0.2) is 24.8 Å². The maximum Gasteiger partial charge on any atom is 0.325 e. The minimum absolute atomic E-state index is 0.478. The predicted octanol–water partition coefficient (Wildman–Crippen LogP) is 2.33. The molecule has 5 nitrogen and oxygen atoms in total. The Labute approximate surface area is 119 Å². The first-order valence-electron chi connectivity index (χ1n) is 6.01. The molecule has 19 heavy (non-hydrogen) atoms. The van der Waals surface area contributed by atoms with Crippen LogP contribution >= 0.6 is 15.9 Å². The molecule has 0 heterocycles. The van der Waals surface area contributed by atoms with Gasteiger partial charge in [0, 0.05) is 0 Å². The van der Waals surface area contributed by atoms with Crippen LogP contribution in [0.3, 0.4) is 0 Å². The van der Waals surface area contributed by atoms with E-state index < -0.39 is 12.0 Å². The van der Waals surface area contributed by atoms with E-state index >= 15 is 0 Å². The average molecular weight is 330 g/mol. The predicted molar refractivity (Wildman–Crippen MR) is 73.5 cm³/mol. The van der Waals surface area contributed by atoms with Crippen LogP contribution in [0.25, 0.3) is 0 Å². The molecule has 0 aromatic heterocycles. The van der Waals surface area contributed by atoms with Gasteiger partial charge in [0.15, 0.2) is 11.5 Å². The Morgan fingerprint density at radius 3 is 2.79 bits per heavy atom. The lowest BCUT2D eigenvalue weighted by Crippen LogP contribution is -2.20. The molecule has 1 atom stereocenters. The number of methoxy groups -OCH3 is 1. The SMILES string of the molecule is COc1c(Br)cc(C(N)C(=O)O)cc1OCC1CC1. The van der Waals surface area contributed by atoms with Gasteiger partial charge < -0.3 is 20.3 Å². The van der Waals surface area contributed by atoms with Gasteiger partial charge in [-0.05, 0) is 52.4 Å². The first-order valence-corrected chi connectivity index (χ1v) is 6.81. The molecular formula is C13H16BrNO4. The van der Waals surface area contributed by atoms with Crippen LogP contribution in [0, 0.1) is 5.92 Å². The average Bonchev–Trinajstić information content (AvgIpc) is 3.18. The zero-order chi connectivity index (χ0) is 14.0. The van der Waals surface area contributed by atoms with Crippen LogP contribution in [0.5, 0.6) is 11.5 Å². The molecular weight excluding hydrogens is 314 g/mol. The van der Waals surface area contributed by atoms with Gasteiger partial charge in [-0.1, -0.05) is 0 Å². The molecule has 1 saturated carbocycles. The molecule has 6 heteroatoms. The highest BCUT2D eigenvalue weighted by Crippen LogP contribution is 2.39. The molecule has 0 amide bonds. The molecule has 0 radical (unpaired) electrons. The van der Waals surface area contributed by atoms with Gasteiger partial charge in [-0.2, -0.15) is 0 Å². The maximum absolute atomic E-state index is 10.9. The van der Waals surface area contributed by atoms with Crippen LogP contribution < -0.4 is 15.2 Å². The molecule has 1 aliphatic rings. The Bertz CT molecular complexity index is 488. The summed E-state index contributed by atoms with van der Waals surface area (Å²) in [7, 11) is 1.54. The molecule has 1 aromatic rings. The van der Waals surface area contributed by atoms with Crippen LogP contribution in [0.2, 0.25) is 0 Å². The van der Waals surface area contributed by atoms with E-state index in [9.17, 15) is 4.79 Å². The summed E-state index contributed by atoms with van der Waals surface area (Å²) in [4.78, 5) is 10.9.